The van der Waals surface area contributed by atoms with Gasteiger partial charge in [-0.3, -0.25) is 24.5 Å². The standard InChI is InChI=1S/C53H45F39N2O10/c1-100-31-21-28(24-103-35(97)104-93-33(95)12-13-34(93)96)30(94(98)99)22-32(31)102-18-5-3-2-4-17-101-23-25-19-26(9-6-14-36(54,55)39(60,61)42(66,67)45(72,73)48(78,79)51(84,85)86)29(11-8-16-38(58,59)41(64,65)44(70,71)47(76,77)50(82,83)53(90,91)92)27(20-25)10-7-15-37(56,57)40(62,63)43(68,69)46(74,75)49(80,81)52(87,88)89/h19-22H,2-18,23-24H2,1H3. The highest BCUT2D eigenvalue weighted by atomic mass is 19.5. The number of aryl methyl sites for hydroxylation is 2. The van der Waals surface area contributed by atoms with Gasteiger partial charge in [-0.2, -0.15) is 171 Å². The third-order valence-corrected chi connectivity index (χ3v) is 15.1. The molecule has 600 valence electrons. The normalized spacial score (nSPS) is 15.5. The van der Waals surface area contributed by atoms with Crippen molar-refractivity contribution in [2.24, 2.45) is 0 Å². The Morgan fingerprint density at radius 3 is 1.09 bits per heavy atom. The first kappa shape index (κ1) is 91.3. The van der Waals surface area contributed by atoms with Crippen LogP contribution in [0.1, 0.15) is 105 Å². The average Bonchev–Trinajstić information content (AvgIpc) is 0.745. The third kappa shape index (κ3) is 17.2. The molecular weight excluding hydrogens is 1570 g/mol. The minimum absolute atomic E-state index is 0.0218. The summed E-state index contributed by atoms with van der Waals surface area (Å²) < 4.78 is 565. The van der Waals surface area contributed by atoms with Crippen molar-refractivity contribution in [2.75, 3.05) is 20.3 Å². The third-order valence-electron chi connectivity index (χ3n) is 15.1. The predicted octanol–water partition coefficient (Wildman–Crippen LogP) is 19.7. The van der Waals surface area contributed by atoms with Crippen LogP contribution in [0.15, 0.2) is 24.3 Å². The molecule has 2 aromatic carbocycles. The Bertz CT molecular complexity index is 3210. The number of alkyl halides is 39. The molecule has 0 spiro atoms. The van der Waals surface area contributed by atoms with Crippen molar-refractivity contribution < 1.29 is 214 Å². The van der Waals surface area contributed by atoms with E-state index in [4.69, 9.17) is 18.9 Å². The Hall–Kier alpha value is -6.92. The molecule has 104 heavy (non-hydrogen) atoms. The minimum atomic E-state index is -8.58. The van der Waals surface area contributed by atoms with Crippen molar-refractivity contribution in [2.45, 2.75) is 217 Å². The van der Waals surface area contributed by atoms with E-state index >= 15 is 26.3 Å². The van der Waals surface area contributed by atoms with Crippen LogP contribution in [0.2, 0.25) is 0 Å². The number of ether oxygens (including phenoxy) is 4. The molecule has 51 heteroatoms. The number of benzene rings is 2. The number of hydrogen-bond donors (Lipinski definition) is 0. The highest BCUT2D eigenvalue weighted by molar-refractivity contribution is 6.01. The number of nitro benzene ring substituents is 1. The number of halogens is 39. The summed E-state index contributed by atoms with van der Waals surface area (Å²) in [5.74, 6) is -124. The molecule has 1 aliphatic rings. The van der Waals surface area contributed by atoms with Gasteiger partial charge in [0.1, 0.15) is 6.61 Å². The van der Waals surface area contributed by atoms with E-state index in [2.05, 4.69) is 4.84 Å². The Kier molecular flexibility index (Phi) is 27.0. The molecule has 0 aromatic heterocycles. The van der Waals surface area contributed by atoms with Gasteiger partial charge in [0.25, 0.3) is 17.5 Å². The fraction of sp³-hybridized carbons (Fsp3) is 0.717. The maximum atomic E-state index is 15.0. The van der Waals surface area contributed by atoms with Crippen molar-refractivity contribution in [3.05, 3.63) is 62.2 Å². The summed E-state index contributed by atoms with van der Waals surface area (Å²) in [6.07, 6.45) is -49.1. The fourth-order valence-corrected chi connectivity index (χ4v) is 9.16. The summed E-state index contributed by atoms with van der Waals surface area (Å²) in [5, 5.41) is 11.9. The first-order chi connectivity index (χ1) is 46.4. The lowest BCUT2D eigenvalue weighted by Crippen LogP contribution is -2.70. The molecule has 0 bridgehead atoms. The van der Waals surface area contributed by atoms with Crippen LogP contribution in [-0.4, -0.2) is 156 Å². The molecule has 1 saturated heterocycles. The quantitative estimate of drug-likeness (QED) is 0.0158. The lowest BCUT2D eigenvalue weighted by Gasteiger charge is -2.40. The van der Waals surface area contributed by atoms with Crippen LogP contribution in [0.5, 0.6) is 11.5 Å². The van der Waals surface area contributed by atoms with Gasteiger partial charge in [0.05, 0.1) is 36.9 Å². The minimum Gasteiger partial charge on any atom is -0.493 e. The lowest BCUT2D eigenvalue weighted by atomic mass is 9.86. The average molecular weight is 1610 g/mol. The molecule has 1 aliphatic heterocycles. The van der Waals surface area contributed by atoms with E-state index in [9.17, 15) is 169 Å². The van der Waals surface area contributed by atoms with Crippen LogP contribution in [0.4, 0.5) is 182 Å². The van der Waals surface area contributed by atoms with E-state index in [1.165, 1.54) is 0 Å². The fourth-order valence-electron chi connectivity index (χ4n) is 9.16. The molecule has 1 fully saturated rings. The van der Waals surface area contributed by atoms with Gasteiger partial charge in [-0.1, -0.05) is 23.6 Å². The molecule has 0 atom stereocenters. The van der Waals surface area contributed by atoms with Crippen LogP contribution < -0.4 is 9.47 Å². The molecule has 0 saturated carbocycles. The van der Waals surface area contributed by atoms with Crippen molar-refractivity contribution in [1.82, 2.24) is 5.06 Å². The molecule has 12 nitrogen and oxygen atoms in total. The zero-order valence-electron chi connectivity index (χ0n) is 51.0. The number of rotatable bonds is 39. The summed E-state index contributed by atoms with van der Waals surface area (Å²) in [5.41, 5.74) is -6.20. The highest BCUT2D eigenvalue weighted by Crippen LogP contribution is 2.64. The summed E-state index contributed by atoms with van der Waals surface area (Å²) in [6.45, 7) is -3.16. The number of nitro groups is 1. The second kappa shape index (κ2) is 30.7. The van der Waals surface area contributed by atoms with E-state index in [1.54, 1.807) is 0 Å². The molecule has 0 radical (unpaired) electrons. The van der Waals surface area contributed by atoms with Crippen molar-refractivity contribution in [1.29, 1.82) is 0 Å². The number of carbonyl (C=O) groups excluding carboxylic acids is 3. The summed E-state index contributed by atoms with van der Waals surface area (Å²) >= 11 is 0. The molecule has 0 aliphatic carbocycles. The second-order valence-corrected chi connectivity index (χ2v) is 22.4. The molecule has 3 rings (SSSR count). The zero-order chi connectivity index (χ0) is 81.3. The van der Waals surface area contributed by atoms with Gasteiger partial charge in [-0.25, -0.2) is 4.79 Å². The lowest BCUT2D eigenvalue weighted by molar-refractivity contribution is -0.440. The first-order valence-corrected chi connectivity index (χ1v) is 28.2. The molecular formula is C53H45F39N2O10. The molecule has 0 N–H and O–H groups in total. The zero-order valence-corrected chi connectivity index (χ0v) is 51.0. The molecule has 2 amide bonds. The monoisotopic (exact) mass is 1610 g/mol. The van der Waals surface area contributed by atoms with Crippen LogP contribution in [-0.2, 0) is 56.4 Å². The van der Waals surface area contributed by atoms with Gasteiger partial charge in [0.15, 0.2) is 11.5 Å². The van der Waals surface area contributed by atoms with E-state index in [-0.39, 0.29) is 73.8 Å². The topological polar surface area (TPSA) is 144 Å². The van der Waals surface area contributed by atoms with Crippen LogP contribution >= 0.6 is 0 Å². The molecule has 2 aromatic rings. The number of carbonyl (C=O) groups is 3. The van der Waals surface area contributed by atoms with Gasteiger partial charge in [-0.15, -0.1) is 0 Å². The van der Waals surface area contributed by atoms with Gasteiger partial charge >= 0.3 is 114 Å². The van der Waals surface area contributed by atoms with Crippen LogP contribution in [0.25, 0.3) is 0 Å². The van der Waals surface area contributed by atoms with Crippen molar-refractivity contribution in [3.8, 4) is 11.5 Å². The van der Waals surface area contributed by atoms with Gasteiger partial charge in [0, 0.05) is 38.7 Å². The van der Waals surface area contributed by atoms with Crippen molar-refractivity contribution in [3.63, 3.8) is 0 Å². The molecule has 0 unspecified atom stereocenters. The predicted molar refractivity (Wildman–Crippen MR) is 263 cm³/mol. The van der Waals surface area contributed by atoms with E-state index in [1.807, 2.05) is 0 Å². The Labute approximate surface area is 553 Å². The van der Waals surface area contributed by atoms with Crippen molar-refractivity contribution >= 4 is 23.7 Å². The largest absolute Gasteiger partial charge is 0.534 e. The number of imide groups is 1. The second-order valence-electron chi connectivity index (χ2n) is 22.4. The Morgan fingerprint density at radius 2 is 0.750 bits per heavy atom. The van der Waals surface area contributed by atoms with E-state index < -0.39 is 241 Å². The number of methoxy groups -OCH3 is 1. The summed E-state index contributed by atoms with van der Waals surface area (Å²) in [7, 11) is 1.01. The number of nitrogens with zero attached hydrogens (tertiary/aromatic N) is 2. The Morgan fingerprint density at radius 1 is 0.413 bits per heavy atom. The van der Waals surface area contributed by atoms with Crippen LogP contribution in [0, 0.1) is 10.1 Å². The Balaban J connectivity index is 2.12. The number of hydrogen-bond acceptors (Lipinski definition) is 10. The maximum Gasteiger partial charge on any atom is 0.534 e. The van der Waals surface area contributed by atoms with E-state index in [0.717, 1.165) is 19.2 Å². The van der Waals surface area contributed by atoms with Gasteiger partial charge in [-0.05, 0) is 86.1 Å². The van der Waals surface area contributed by atoms with Gasteiger partial charge < -0.3 is 18.9 Å². The first-order valence-electron chi connectivity index (χ1n) is 28.2. The highest BCUT2D eigenvalue weighted by Gasteiger charge is 2.93. The molecule has 1 heterocycles. The van der Waals surface area contributed by atoms with Crippen LogP contribution in [0.3, 0.4) is 0 Å². The summed E-state index contributed by atoms with van der Waals surface area (Å²) in [6, 6.07) is 2.22. The number of hydroxylamine groups is 2. The number of amides is 2. The SMILES string of the molecule is COc1cc(COC(=O)ON2C(=O)CCC2=O)c([N+](=O)[O-])cc1OCCCCCCOCc1cc(CCCC(F)(F)C(F)(F)C(F)(F)C(F)(F)C(F)(F)C(F)(F)F)c(CCCC(F)(F)C(F)(F)C(F)(F)C(F)(F)C(F)(F)C(F)(F)F)c(CCCC(F)(F)C(F)(F)C(F)(F)C(F)(F)C(F)(F)C(F)(F)F)c1. The number of unbranched alkanes of at least 4 members (excludes halogenated alkanes) is 3. The van der Waals surface area contributed by atoms with Gasteiger partial charge in [0.2, 0.25) is 0 Å². The summed E-state index contributed by atoms with van der Waals surface area (Å²) in [4.78, 5) is 50.8. The maximum absolute atomic E-state index is 15.0. The van der Waals surface area contributed by atoms with E-state index in [0.29, 0.717) is 0 Å². The smallest absolute Gasteiger partial charge is 0.493 e.